The molecule has 2 aromatic rings. The fourth-order valence-corrected chi connectivity index (χ4v) is 4.38. The Balaban J connectivity index is 1.58. The molecule has 1 aliphatic rings. The fourth-order valence-electron chi connectivity index (χ4n) is 3.44. The Kier molecular flexibility index (Phi) is 6.78. The van der Waals surface area contributed by atoms with Gasteiger partial charge in [0.2, 0.25) is 5.91 Å². The van der Waals surface area contributed by atoms with Crippen LogP contribution in [0.5, 0.6) is 0 Å². The molecule has 0 spiro atoms. The Morgan fingerprint density at radius 3 is 2.57 bits per heavy atom. The molecule has 0 aliphatic carbocycles. The van der Waals surface area contributed by atoms with Crippen molar-refractivity contribution in [1.82, 2.24) is 14.5 Å². The topological polar surface area (TPSA) is 64.4 Å². The maximum Gasteiger partial charge on any atom is 0.309 e. The number of thioether (sulfide) groups is 1. The first-order valence-electron chi connectivity index (χ1n) is 9.70. The Morgan fingerprint density at radius 2 is 1.93 bits per heavy atom. The second-order valence-corrected chi connectivity index (χ2v) is 8.27. The fraction of sp³-hybridized carbons (Fsp3) is 0.476. The first-order valence-corrected chi connectivity index (χ1v) is 10.6. The van der Waals surface area contributed by atoms with Crippen LogP contribution in [-0.4, -0.2) is 51.3 Å². The van der Waals surface area contributed by atoms with E-state index in [0.29, 0.717) is 32.5 Å². The van der Waals surface area contributed by atoms with Crippen molar-refractivity contribution in [3.05, 3.63) is 36.5 Å². The molecule has 1 unspecified atom stereocenters. The second-order valence-electron chi connectivity index (χ2n) is 6.96. The number of rotatable bonds is 6. The number of hydrogen-bond donors (Lipinski definition) is 0. The van der Waals surface area contributed by atoms with Gasteiger partial charge in [0, 0.05) is 20.1 Å². The summed E-state index contributed by atoms with van der Waals surface area (Å²) < 4.78 is 7.12. The summed E-state index contributed by atoms with van der Waals surface area (Å²) in [4.78, 5) is 31.1. The van der Waals surface area contributed by atoms with Gasteiger partial charge in [0.15, 0.2) is 5.16 Å². The highest BCUT2D eigenvalue weighted by atomic mass is 32.2. The smallest absolute Gasteiger partial charge is 0.309 e. The summed E-state index contributed by atoms with van der Waals surface area (Å²) in [7, 11) is 1.97. The number of amides is 1. The third kappa shape index (κ3) is 4.58. The van der Waals surface area contributed by atoms with Crippen LogP contribution in [0, 0.1) is 5.92 Å². The zero-order chi connectivity index (χ0) is 20.1. The van der Waals surface area contributed by atoms with Crippen molar-refractivity contribution in [1.29, 1.82) is 0 Å². The van der Waals surface area contributed by atoms with Gasteiger partial charge in [-0.15, -0.1) is 0 Å². The normalized spacial score (nSPS) is 16.0. The van der Waals surface area contributed by atoms with Gasteiger partial charge in [0.1, 0.15) is 0 Å². The van der Waals surface area contributed by atoms with Crippen LogP contribution in [0.15, 0.2) is 41.7 Å². The van der Waals surface area contributed by atoms with Crippen LogP contribution in [0.3, 0.4) is 0 Å². The molecule has 7 heteroatoms. The van der Waals surface area contributed by atoms with Gasteiger partial charge in [-0.2, -0.15) is 0 Å². The SMILES string of the molecule is CCOC(=O)C1CCN(C(=O)C(C)Sc2ncc(-c3ccccc3)n2C)CC1. The molecule has 1 aliphatic heterocycles. The van der Waals surface area contributed by atoms with Crippen LogP contribution in [-0.2, 0) is 21.4 Å². The highest BCUT2D eigenvalue weighted by molar-refractivity contribution is 8.00. The minimum absolute atomic E-state index is 0.0880. The number of carbonyl (C=O) groups excluding carboxylic acids is 2. The van der Waals surface area contributed by atoms with Gasteiger partial charge >= 0.3 is 5.97 Å². The van der Waals surface area contributed by atoms with E-state index in [1.165, 1.54) is 11.8 Å². The summed E-state index contributed by atoms with van der Waals surface area (Å²) in [6.45, 7) is 5.34. The molecule has 2 heterocycles. The molecule has 0 radical (unpaired) electrons. The van der Waals surface area contributed by atoms with Crippen LogP contribution in [0.1, 0.15) is 26.7 Å². The van der Waals surface area contributed by atoms with Crippen molar-refractivity contribution in [2.75, 3.05) is 19.7 Å². The van der Waals surface area contributed by atoms with Crippen LogP contribution < -0.4 is 0 Å². The molecule has 28 heavy (non-hydrogen) atoms. The number of hydrogen-bond acceptors (Lipinski definition) is 5. The quantitative estimate of drug-likeness (QED) is 0.549. The largest absolute Gasteiger partial charge is 0.466 e. The predicted octanol–water partition coefficient (Wildman–Crippen LogP) is 3.37. The summed E-state index contributed by atoms with van der Waals surface area (Å²) in [6.07, 6.45) is 3.19. The summed E-state index contributed by atoms with van der Waals surface area (Å²) >= 11 is 1.47. The van der Waals surface area contributed by atoms with Gasteiger partial charge in [0.05, 0.1) is 29.7 Å². The molecular formula is C21H27N3O3S. The molecule has 150 valence electrons. The van der Waals surface area contributed by atoms with E-state index in [2.05, 4.69) is 4.98 Å². The van der Waals surface area contributed by atoms with Crippen LogP contribution in [0.4, 0.5) is 0 Å². The number of imidazole rings is 1. The summed E-state index contributed by atoms with van der Waals surface area (Å²) in [6, 6.07) is 10.1. The molecular weight excluding hydrogens is 374 g/mol. The van der Waals surface area contributed by atoms with Crippen molar-refractivity contribution >= 4 is 23.6 Å². The summed E-state index contributed by atoms with van der Waals surface area (Å²) in [5.41, 5.74) is 2.13. The molecule has 1 atom stereocenters. The van der Waals surface area contributed by atoms with Gasteiger partial charge < -0.3 is 14.2 Å². The molecule has 1 aromatic heterocycles. The molecule has 1 aromatic carbocycles. The van der Waals surface area contributed by atoms with Crippen molar-refractivity contribution in [3.8, 4) is 11.3 Å². The van der Waals surface area contributed by atoms with E-state index in [1.54, 1.807) is 0 Å². The first-order chi connectivity index (χ1) is 13.5. The molecule has 0 saturated carbocycles. The zero-order valence-corrected chi connectivity index (χ0v) is 17.4. The molecule has 6 nitrogen and oxygen atoms in total. The van der Waals surface area contributed by atoms with E-state index in [4.69, 9.17) is 4.74 Å². The second kappa shape index (κ2) is 9.28. The van der Waals surface area contributed by atoms with Crippen molar-refractivity contribution in [3.63, 3.8) is 0 Å². The number of ether oxygens (including phenoxy) is 1. The Morgan fingerprint density at radius 1 is 1.25 bits per heavy atom. The first kappa shape index (κ1) is 20.5. The van der Waals surface area contributed by atoms with E-state index in [-0.39, 0.29) is 23.0 Å². The van der Waals surface area contributed by atoms with Crippen molar-refractivity contribution in [2.45, 2.75) is 37.1 Å². The van der Waals surface area contributed by atoms with E-state index >= 15 is 0 Å². The lowest BCUT2D eigenvalue weighted by Gasteiger charge is -2.32. The number of aromatic nitrogens is 2. The van der Waals surface area contributed by atoms with Gasteiger partial charge in [-0.05, 0) is 32.3 Å². The summed E-state index contributed by atoms with van der Waals surface area (Å²) in [5, 5.41) is 0.588. The Bertz CT molecular complexity index is 814. The lowest BCUT2D eigenvalue weighted by Crippen LogP contribution is -2.43. The number of piperidine rings is 1. The number of carbonyl (C=O) groups is 2. The van der Waals surface area contributed by atoms with Crippen LogP contribution in [0.25, 0.3) is 11.3 Å². The van der Waals surface area contributed by atoms with Crippen molar-refractivity contribution < 1.29 is 14.3 Å². The predicted molar refractivity (Wildman–Crippen MR) is 110 cm³/mol. The number of nitrogens with zero attached hydrogens (tertiary/aromatic N) is 3. The van der Waals surface area contributed by atoms with Gasteiger partial charge in [-0.3, -0.25) is 9.59 Å². The molecule has 0 bridgehead atoms. The third-order valence-corrected chi connectivity index (χ3v) is 6.22. The molecule has 1 fully saturated rings. The van der Waals surface area contributed by atoms with Gasteiger partial charge in [0.25, 0.3) is 0 Å². The van der Waals surface area contributed by atoms with E-state index in [1.807, 2.05) is 66.9 Å². The van der Waals surface area contributed by atoms with Crippen LogP contribution >= 0.6 is 11.8 Å². The summed E-state index contributed by atoms with van der Waals surface area (Å²) in [5.74, 6) is -0.134. The Labute approximate surface area is 170 Å². The van der Waals surface area contributed by atoms with Crippen LogP contribution in [0.2, 0.25) is 0 Å². The van der Waals surface area contributed by atoms with E-state index in [9.17, 15) is 9.59 Å². The third-order valence-electron chi connectivity index (χ3n) is 5.07. The minimum Gasteiger partial charge on any atom is -0.466 e. The lowest BCUT2D eigenvalue weighted by atomic mass is 9.97. The molecule has 1 amide bonds. The zero-order valence-electron chi connectivity index (χ0n) is 16.6. The number of benzene rings is 1. The van der Waals surface area contributed by atoms with Gasteiger partial charge in [-0.1, -0.05) is 42.1 Å². The molecule has 0 N–H and O–H groups in total. The monoisotopic (exact) mass is 401 g/mol. The average molecular weight is 402 g/mol. The standard InChI is InChI=1S/C21H27N3O3S/c1-4-27-20(26)17-10-12-24(13-11-17)19(25)15(2)28-21-22-14-18(23(21)3)16-8-6-5-7-9-16/h5-9,14-15,17H,4,10-13H2,1-3H3. The van der Waals surface area contributed by atoms with E-state index in [0.717, 1.165) is 16.4 Å². The van der Waals surface area contributed by atoms with Gasteiger partial charge in [-0.25, -0.2) is 4.98 Å². The molecule has 1 saturated heterocycles. The highest BCUT2D eigenvalue weighted by Crippen LogP contribution is 2.29. The van der Waals surface area contributed by atoms with E-state index < -0.39 is 0 Å². The minimum atomic E-state index is -0.233. The number of likely N-dealkylation sites (tertiary alicyclic amines) is 1. The highest BCUT2D eigenvalue weighted by Gasteiger charge is 2.30. The maximum absolute atomic E-state index is 12.8. The molecule has 3 rings (SSSR count). The van der Waals surface area contributed by atoms with Crippen molar-refractivity contribution in [2.24, 2.45) is 13.0 Å². The Hall–Kier alpha value is -2.28. The lowest BCUT2D eigenvalue weighted by molar-refractivity contribution is -0.151. The average Bonchev–Trinajstić information content (AvgIpc) is 3.08. The maximum atomic E-state index is 12.8. The number of esters is 1.